The second kappa shape index (κ2) is 5.73. The molecule has 0 aliphatic carbocycles. The fraction of sp³-hybridized carbons (Fsp3) is 0.0588. The lowest BCUT2D eigenvalue weighted by atomic mass is 10.2. The van der Waals surface area contributed by atoms with Gasteiger partial charge in [0.15, 0.2) is 0 Å². The van der Waals surface area contributed by atoms with Gasteiger partial charge in [0.25, 0.3) is 5.91 Å². The van der Waals surface area contributed by atoms with Crippen molar-refractivity contribution < 1.29 is 14.3 Å². The number of imide groups is 1. The summed E-state index contributed by atoms with van der Waals surface area (Å²) >= 11 is 0. The monoisotopic (exact) mass is 294 g/mol. The lowest BCUT2D eigenvalue weighted by Crippen LogP contribution is -2.25. The molecule has 0 bridgehead atoms. The predicted molar refractivity (Wildman–Crippen MR) is 82.2 cm³/mol. The van der Waals surface area contributed by atoms with E-state index in [1.807, 2.05) is 48.5 Å². The molecule has 1 saturated heterocycles. The first-order chi connectivity index (χ1) is 10.6. The van der Waals surface area contributed by atoms with E-state index in [9.17, 15) is 9.59 Å². The Morgan fingerprint density at radius 3 is 2.41 bits per heavy atom. The van der Waals surface area contributed by atoms with Crippen LogP contribution in [0.25, 0.3) is 6.08 Å². The number of nitrogens with one attached hydrogen (secondary N) is 1. The molecule has 0 saturated carbocycles. The molecule has 0 spiro atoms. The van der Waals surface area contributed by atoms with Crippen molar-refractivity contribution >= 4 is 18.0 Å². The first-order valence-electron chi connectivity index (χ1n) is 6.77. The summed E-state index contributed by atoms with van der Waals surface area (Å²) in [6.07, 6.45) is 1.63. The Labute approximate surface area is 127 Å². The van der Waals surface area contributed by atoms with Gasteiger partial charge in [-0.1, -0.05) is 30.3 Å². The Kier molecular flexibility index (Phi) is 3.62. The number of amides is 3. The summed E-state index contributed by atoms with van der Waals surface area (Å²) in [6.45, 7) is 0. The lowest BCUT2D eigenvalue weighted by Gasteiger charge is -2.06. The second-order valence-electron chi connectivity index (χ2n) is 4.84. The summed E-state index contributed by atoms with van der Waals surface area (Å²) in [6, 6.07) is 16.3. The Morgan fingerprint density at radius 1 is 1.00 bits per heavy atom. The summed E-state index contributed by atoms with van der Waals surface area (Å²) < 4.78 is 5.74. The number of hydrogen-bond acceptors (Lipinski definition) is 3. The molecule has 5 nitrogen and oxygen atoms in total. The normalized spacial score (nSPS) is 16.0. The van der Waals surface area contributed by atoms with Crippen LogP contribution in [-0.2, 0) is 4.79 Å². The van der Waals surface area contributed by atoms with Crippen molar-refractivity contribution in [2.75, 3.05) is 7.05 Å². The fourth-order valence-corrected chi connectivity index (χ4v) is 2.08. The Balaban J connectivity index is 1.83. The maximum absolute atomic E-state index is 11.8. The summed E-state index contributed by atoms with van der Waals surface area (Å²) in [5, 5.41) is 2.53. The van der Waals surface area contributed by atoms with Gasteiger partial charge in [-0.05, 0) is 35.9 Å². The van der Waals surface area contributed by atoms with E-state index in [2.05, 4.69) is 5.32 Å². The maximum Gasteiger partial charge on any atom is 0.328 e. The minimum absolute atomic E-state index is 0.254. The number of hydrogen-bond donors (Lipinski definition) is 1. The van der Waals surface area contributed by atoms with Crippen LogP contribution >= 0.6 is 0 Å². The molecule has 3 amide bonds. The van der Waals surface area contributed by atoms with Gasteiger partial charge in [0.1, 0.15) is 17.2 Å². The molecule has 0 atom stereocenters. The molecule has 1 aliphatic heterocycles. The number of benzene rings is 2. The van der Waals surface area contributed by atoms with E-state index in [0.29, 0.717) is 5.75 Å². The molecule has 0 unspecified atom stereocenters. The first kappa shape index (κ1) is 13.9. The van der Waals surface area contributed by atoms with Gasteiger partial charge in [-0.2, -0.15) is 0 Å². The molecule has 22 heavy (non-hydrogen) atoms. The van der Waals surface area contributed by atoms with E-state index in [4.69, 9.17) is 4.74 Å². The zero-order chi connectivity index (χ0) is 15.5. The molecule has 3 rings (SSSR count). The summed E-state index contributed by atoms with van der Waals surface area (Å²) in [4.78, 5) is 24.3. The van der Waals surface area contributed by atoms with E-state index >= 15 is 0 Å². The largest absolute Gasteiger partial charge is 0.457 e. The smallest absolute Gasteiger partial charge is 0.328 e. The molecule has 110 valence electrons. The minimum atomic E-state index is -0.423. The van der Waals surface area contributed by atoms with Crippen molar-refractivity contribution in [2.45, 2.75) is 0 Å². The average molecular weight is 294 g/mol. The van der Waals surface area contributed by atoms with Crippen LogP contribution in [0.4, 0.5) is 4.79 Å². The van der Waals surface area contributed by atoms with Crippen molar-refractivity contribution in [3.63, 3.8) is 0 Å². The van der Waals surface area contributed by atoms with E-state index in [1.54, 1.807) is 12.1 Å². The van der Waals surface area contributed by atoms with Crippen LogP contribution < -0.4 is 10.1 Å². The fourth-order valence-electron chi connectivity index (χ4n) is 2.08. The average Bonchev–Trinajstić information content (AvgIpc) is 2.76. The molecule has 1 N–H and O–H groups in total. The van der Waals surface area contributed by atoms with Gasteiger partial charge >= 0.3 is 6.03 Å². The number of ether oxygens (including phenoxy) is 1. The van der Waals surface area contributed by atoms with Crippen LogP contribution in [0.3, 0.4) is 0 Å². The van der Waals surface area contributed by atoms with Crippen molar-refractivity contribution in [3.8, 4) is 11.5 Å². The molecular formula is C17H14N2O3. The highest BCUT2D eigenvalue weighted by atomic mass is 16.5. The third-order valence-corrected chi connectivity index (χ3v) is 3.23. The van der Waals surface area contributed by atoms with Gasteiger partial charge in [-0.15, -0.1) is 0 Å². The topological polar surface area (TPSA) is 58.6 Å². The SMILES string of the molecule is CN1C(=O)N/C(=C/c2cccc(Oc3ccccc3)c2)C1=O. The molecule has 1 heterocycles. The van der Waals surface area contributed by atoms with Crippen molar-refractivity contribution in [1.29, 1.82) is 0 Å². The summed E-state index contributed by atoms with van der Waals surface area (Å²) in [5.41, 5.74) is 1.02. The maximum atomic E-state index is 11.8. The van der Waals surface area contributed by atoms with Crippen LogP contribution in [0.5, 0.6) is 11.5 Å². The third kappa shape index (κ3) is 2.83. The Hall–Kier alpha value is -3.08. The van der Waals surface area contributed by atoms with Gasteiger partial charge in [0.2, 0.25) is 0 Å². The molecule has 5 heteroatoms. The van der Waals surface area contributed by atoms with Crippen molar-refractivity contribution in [2.24, 2.45) is 0 Å². The number of carbonyl (C=O) groups is 2. The number of likely N-dealkylation sites (N-methyl/N-ethyl adjacent to an activating group) is 1. The summed E-state index contributed by atoms with van der Waals surface area (Å²) in [5.74, 6) is 1.04. The minimum Gasteiger partial charge on any atom is -0.457 e. The van der Waals surface area contributed by atoms with E-state index in [1.165, 1.54) is 7.05 Å². The molecule has 2 aromatic rings. The van der Waals surface area contributed by atoms with Crippen molar-refractivity contribution in [3.05, 3.63) is 65.9 Å². The van der Waals surface area contributed by atoms with Crippen molar-refractivity contribution in [1.82, 2.24) is 10.2 Å². The lowest BCUT2D eigenvalue weighted by molar-refractivity contribution is -0.121. The Bertz CT molecular complexity index is 754. The van der Waals surface area contributed by atoms with E-state index < -0.39 is 6.03 Å². The Morgan fingerprint density at radius 2 is 1.73 bits per heavy atom. The summed E-state index contributed by atoms with van der Waals surface area (Å²) in [7, 11) is 1.44. The zero-order valence-corrected chi connectivity index (χ0v) is 11.9. The molecular weight excluding hydrogens is 280 g/mol. The highest BCUT2D eigenvalue weighted by Crippen LogP contribution is 2.23. The standard InChI is InChI=1S/C17H14N2O3/c1-19-16(20)15(18-17(19)21)11-12-6-5-9-14(10-12)22-13-7-3-2-4-8-13/h2-11H,1H3,(H,18,21)/b15-11+. The van der Waals surface area contributed by atoms with Gasteiger partial charge in [-0.3, -0.25) is 9.69 Å². The number of urea groups is 1. The molecule has 0 aromatic heterocycles. The zero-order valence-electron chi connectivity index (χ0n) is 11.9. The third-order valence-electron chi connectivity index (χ3n) is 3.23. The van der Waals surface area contributed by atoms with Gasteiger partial charge in [-0.25, -0.2) is 4.79 Å². The molecule has 0 radical (unpaired) electrons. The highest BCUT2D eigenvalue weighted by molar-refractivity contribution is 6.13. The van der Waals surface area contributed by atoms with Crippen LogP contribution in [0.2, 0.25) is 0 Å². The molecule has 1 aliphatic rings. The van der Waals surface area contributed by atoms with Crippen LogP contribution in [-0.4, -0.2) is 23.9 Å². The van der Waals surface area contributed by atoms with Gasteiger partial charge in [0.05, 0.1) is 0 Å². The van der Waals surface area contributed by atoms with Crippen LogP contribution in [0.15, 0.2) is 60.3 Å². The quantitative estimate of drug-likeness (QED) is 0.699. The molecule has 2 aromatic carbocycles. The number of nitrogens with zero attached hydrogens (tertiary/aromatic N) is 1. The number of carbonyl (C=O) groups excluding carboxylic acids is 2. The highest BCUT2D eigenvalue weighted by Gasteiger charge is 2.29. The van der Waals surface area contributed by atoms with Gasteiger partial charge in [0, 0.05) is 7.05 Å². The number of rotatable bonds is 3. The predicted octanol–water partition coefficient (Wildman–Crippen LogP) is 3.00. The molecule has 1 fully saturated rings. The van der Waals surface area contributed by atoms with Crippen LogP contribution in [0, 0.1) is 0 Å². The second-order valence-corrected chi connectivity index (χ2v) is 4.84. The first-order valence-corrected chi connectivity index (χ1v) is 6.77. The van der Waals surface area contributed by atoms with E-state index in [-0.39, 0.29) is 11.6 Å². The van der Waals surface area contributed by atoms with Gasteiger partial charge < -0.3 is 10.1 Å². The number of para-hydroxylation sites is 1. The van der Waals surface area contributed by atoms with E-state index in [0.717, 1.165) is 16.2 Å². The van der Waals surface area contributed by atoms with Crippen LogP contribution in [0.1, 0.15) is 5.56 Å².